The summed E-state index contributed by atoms with van der Waals surface area (Å²) in [6.45, 7) is 6.07. The van der Waals surface area contributed by atoms with Crippen LogP contribution in [-0.2, 0) is 14.3 Å². The van der Waals surface area contributed by atoms with Gasteiger partial charge in [0.1, 0.15) is 21.3 Å². The smallest absolute Gasteiger partial charge is 0.352 e. The average molecular weight is 453 g/mol. The number of primary amides is 1. The number of nitrogen functional groups attached to an aromatic ring is 1. The van der Waals surface area contributed by atoms with Crippen LogP contribution >= 0.6 is 22.9 Å². The van der Waals surface area contributed by atoms with Crippen molar-refractivity contribution in [3.63, 3.8) is 0 Å². The Balaban J connectivity index is 1.54. The topological polar surface area (TPSA) is 130 Å². The van der Waals surface area contributed by atoms with Gasteiger partial charge in [0.15, 0.2) is 0 Å². The highest BCUT2D eigenvalue weighted by atomic mass is 35.5. The zero-order valence-electron chi connectivity index (χ0n) is 16.3. The van der Waals surface area contributed by atoms with Crippen molar-refractivity contribution < 1.29 is 23.8 Å². The van der Waals surface area contributed by atoms with Gasteiger partial charge in [-0.15, -0.1) is 11.3 Å². The van der Waals surface area contributed by atoms with Crippen molar-refractivity contribution in [2.75, 3.05) is 45.2 Å². The van der Waals surface area contributed by atoms with Crippen LogP contribution in [0.1, 0.15) is 15.2 Å². The molecule has 2 aliphatic rings. The fourth-order valence-electron chi connectivity index (χ4n) is 3.19. The Hall–Kier alpha value is -2.40. The third-order valence-corrected chi connectivity index (χ3v) is 6.60. The minimum absolute atomic E-state index is 0.136. The fourth-order valence-corrected chi connectivity index (χ4v) is 4.40. The largest absolute Gasteiger partial charge is 0.475 e. The van der Waals surface area contributed by atoms with Crippen molar-refractivity contribution >= 4 is 50.7 Å². The number of thiophene rings is 1. The molecule has 30 heavy (non-hydrogen) atoms. The van der Waals surface area contributed by atoms with E-state index in [0.29, 0.717) is 40.6 Å². The summed E-state index contributed by atoms with van der Waals surface area (Å²) in [4.78, 5) is 31.4. The summed E-state index contributed by atoms with van der Waals surface area (Å²) in [6, 6.07) is 0. The Labute approximate surface area is 181 Å². The van der Waals surface area contributed by atoms with Crippen LogP contribution in [0.3, 0.4) is 0 Å². The number of nitrogens with zero attached hydrogens (tertiary/aromatic N) is 2. The standard InChI is InChI=1S/C19H21ClN4O5S/c1-10-11-13(21)14(17(25)29-19(2-3-19)18(22)26)30-16(11)23-15(12(10)20)28-9-6-24-4-7-27-8-5-24/h2-3H,4-9,21H2,1H3,(H2,22,26). The van der Waals surface area contributed by atoms with Crippen LogP contribution in [0, 0.1) is 6.92 Å². The number of esters is 1. The molecule has 4 rings (SSSR count). The molecule has 2 aromatic rings. The molecule has 11 heteroatoms. The van der Waals surface area contributed by atoms with Gasteiger partial charge in [-0.25, -0.2) is 9.78 Å². The molecule has 4 N–H and O–H groups in total. The monoisotopic (exact) mass is 452 g/mol. The molecule has 3 heterocycles. The van der Waals surface area contributed by atoms with E-state index in [4.69, 9.17) is 37.3 Å². The van der Waals surface area contributed by atoms with Crippen LogP contribution in [-0.4, -0.2) is 66.8 Å². The first kappa shape index (κ1) is 20.9. The number of aromatic nitrogens is 1. The quantitative estimate of drug-likeness (QED) is 0.477. The minimum Gasteiger partial charge on any atom is -0.475 e. The number of carbonyl (C=O) groups excluding carboxylic acids is 2. The molecule has 0 saturated carbocycles. The highest BCUT2D eigenvalue weighted by Crippen LogP contribution is 2.42. The predicted octanol–water partition coefficient (Wildman–Crippen LogP) is 1.50. The summed E-state index contributed by atoms with van der Waals surface area (Å²) in [6.07, 6.45) is 2.83. The Morgan fingerprint density at radius 2 is 2.07 bits per heavy atom. The van der Waals surface area contributed by atoms with Gasteiger partial charge in [-0.2, -0.15) is 0 Å². The van der Waals surface area contributed by atoms with Gasteiger partial charge in [0, 0.05) is 25.0 Å². The molecule has 1 aliphatic heterocycles. The molecule has 1 aliphatic carbocycles. The van der Waals surface area contributed by atoms with Gasteiger partial charge in [-0.05, 0) is 24.6 Å². The highest BCUT2D eigenvalue weighted by Gasteiger charge is 2.45. The number of hydrogen-bond acceptors (Lipinski definition) is 9. The normalized spacial score (nSPS) is 17.8. The lowest BCUT2D eigenvalue weighted by molar-refractivity contribution is -0.127. The first-order valence-electron chi connectivity index (χ1n) is 9.37. The Morgan fingerprint density at radius 3 is 2.70 bits per heavy atom. The van der Waals surface area contributed by atoms with Gasteiger partial charge >= 0.3 is 5.97 Å². The van der Waals surface area contributed by atoms with Gasteiger partial charge in [-0.3, -0.25) is 9.69 Å². The molecule has 0 spiro atoms. The predicted molar refractivity (Wildman–Crippen MR) is 113 cm³/mol. The van der Waals surface area contributed by atoms with E-state index in [-0.39, 0.29) is 16.4 Å². The van der Waals surface area contributed by atoms with Gasteiger partial charge in [0.2, 0.25) is 11.5 Å². The number of hydrogen-bond donors (Lipinski definition) is 2. The van der Waals surface area contributed by atoms with E-state index in [1.807, 2.05) is 0 Å². The number of amides is 1. The number of fused-ring (bicyclic) bond motifs is 1. The number of pyridine rings is 1. The van der Waals surface area contributed by atoms with E-state index in [0.717, 1.165) is 31.0 Å². The summed E-state index contributed by atoms with van der Waals surface area (Å²) in [5, 5.41) is 0.903. The molecular formula is C19H21ClN4O5S. The molecule has 2 aromatic heterocycles. The first-order valence-corrected chi connectivity index (χ1v) is 10.6. The molecule has 160 valence electrons. The van der Waals surface area contributed by atoms with Crippen molar-refractivity contribution in [3.05, 3.63) is 27.6 Å². The van der Waals surface area contributed by atoms with Gasteiger partial charge in [0.25, 0.3) is 5.91 Å². The van der Waals surface area contributed by atoms with Crippen molar-refractivity contribution in [3.8, 4) is 5.88 Å². The van der Waals surface area contributed by atoms with Crippen molar-refractivity contribution in [2.45, 2.75) is 12.5 Å². The minimum atomic E-state index is -1.46. The van der Waals surface area contributed by atoms with Crippen molar-refractivity contribution in [1.29, 1.82) is 0 Å². The Kier molecular flexibility index (Phi) is 5.58. The molecular weight excluding hydrogens is 432 g/mol. The number of carbonyl (C=O) groups is 2. The number of nitrogens with two attached hydrogens (primary N) is 2. The molecule has 0 bridgehead atoms. The number of aryl methyl sites for hydroxylation is 1. The zero-order valence-corrected chi connectivity index (χ0v) is 17.8. The third kappa shape index (κ3) is 3.83. The van der Waals surface area contributed by atoms with E-state index in [9.17, 15) is 9.59 Å². The summed E-state index contributed by atoms with van der Waals surface area (Å²) in [5.41, 5.74) is 10.9. The molecule has 1 fully saturated rings. The Bertz CT molecular complexity index is 1040. The van der Waals surface area contributed by atoms with Crippen molar-refractivity contribution in [2.24, 2.45) is 5.73 Å². The molecule has 9 nitrogen and oxygen atoms in total. The van der Waals surface area contributed by atoms with E-state index >= 15 is 0 Å². The second-order valence-electron chi connectivity index (χ2n) is 7.06. The van der Waals surface area contributed by atoms with Gasteiger partial charge in [0.05, 0.1) is 18.9 Å². The van der Waals surface area contributed by atoms with Crippen LogP contribution in [0.2, 0.25) is 5.02 Å². The second-order valence-corrected chi connectivity index (χ2v) is 8.44. The second kappa shape index (κ2) is 8.03. The van der Waals surface area contributed by atoms with E-state index in [2.05, 4.69) is 9.88 Å². The zero-order chi connectivity index (χ0) is 21.5. The Morgan fingerprint density at radius 1 is 1.37 bits per heavy atom. The molecule has 0 radical (unpaired) electrons. The number of rotatable bonds is 7. The molecule has 0 aromatic carbocycles. The van der Waals surface area contributed by atoms with E-state index in [1.165, 1.54) is 12.2 Å². The lowest BCUT2D eigenvalue weighted by atomic mass is 10.1. The van der Waals surface area contributed by atoms with E-state index in [1.54, 1.807) is 6.92 Å². The fraction of sp³-hybridized carbons (Fsp3) is 0.421. The maximum atomic E-state index is 12.6. The SMILES string of the molecule is Cc1c(Cl)c(OCCN2CCOCC2)nc2sc(C(=O)OC3(C(N)=O)C=C3)c(N)c12. The van der Waals surface area contributed by atoms with Gasteiger partial charge < -0.3 is 25.7 Å². The van der Waals surface area contributed by atoms with Crippen molar-refractivity contribution in [1.82, 2.24) is 9.88 Å². The van der Waals surface area contributed by atoms with Crippen LogP contribution in [0.25, 0.3) is 10.2 Å². The number of anilines is 1. The lowest BCUT2D eigenvalue weighted by Crippen LogP contribution is -2.38. The summed E-state index contributed by atoms with van der Waals surface area (Å²) in [5.74, 6) is -1.22. The highest BCUT2D eigenvalue weighted by molar-refractivity contribution is 7.21. The number of ether oxygens (including phenoxy) is 3. The first-order chi connectivity index (χ1) is 14.3. The van der Waals surface area contributed by atoms with Crippen LogP contribution < -0.4 is 16.2 Å². The summed E-state index contributed by atoms with van der Waals surface area (Å²) in [7, 11) is 0. The summed E-state index contributed by atoms with van der Waals surface area (Å²) >= 11 is 7.51. The average Bonchev–Trinajstić information content (AvgIpc) is 3.43. The number of halogens is 1. The molecule has 1 amide bonds. The molecule has 0 unspecified atom stereocenters. The maximum absolute atomic E-state index is 12.6. The third-order valence-electron chi connectivity index (χ3n) is 5.07. The van der Waals surface area contributed by atoms with Crippen LogP contribution in [0.5, 0.6) is 5.88 Å². The maximum Gasteiger partial charge on any atom is 0.352 e. The number of morpholine rings is 1. The lowest BCUT2D eigenvalue weighted by Gasteiger charge is -2.26. The van der Waals surface area contributed by atoms with Gasteiger partial charge in [-0.1, -0.05) is 11.6 Å². The molecule has 1 saturated heterocycles. The van der Waals surface area contributed by atoms with E-state index < -0.39 is 17.5 Å². The summed E-state index contributed by atoms with van der Waals surface area (Å²) < 4.78 is 16.4. The van der Waals surface area contributed by atoms with Crippen LogP contribution in [0.15, 0.2) is 12.2 Å². The van der Waals surface area contributed by atoms with Crippen LogP contribution in [0.4, 0.5) is 5.69 Å². The molecule has 0 atom stereocenters.